The fourth-order valence-electron chi connectivity index (χ4n) is 1.78. The van der Waals surface area contributed by atoms with Crippen LogP contribution in [0.4, 0.5) is 0 Å². The van der Waals surface area contributed by atoms with Gasteiger partial charge in [-0.3, -0.25) is 0 Å². The van der Waals surface area contributed by atoms with Gasteiger partial charge in [-0.05, 0) is 6.42 Å². The average Bonchev–Trinajstić information content (AvgIpc) is 2.21. The van der Waals surface area contributed by atoms with Gasteiger partial charge in [0.25, 0.3) is 0 Å². The van der Waals surface area contributed by atoms with Crippen LogP contribution in [0, 0.1) is 0 Å². The lowest BCUT2D eigenvalue weighted by atomic mass is 10.1. The van der Waals surface area contributed by atoms with Gasteiger partial charge in [-0.2, -0.15) is 0 Å². The van der Waals surface area contributed by atoms with Crippen molar-refractivity contribution >= 4 is 17.4 Å². The summed E-state index contributed by atoms with van der Waals surface area (Å²) in [6.45, 7) is 2.64. The minimum atomic E-state index is 0. The second-order valence-electron chi connectivity index (χ2n) is 4.26. The molecule has 0 atom stereocenters. The molecule has 0 rings (SSSR count). The lowest BCUT2D eigenvalue weighted by molar-refractivity contribution is 0.282. The van der Waals surface area contributed by atoms with Gasteiger partial charge >= 0.3 is 0 Å². The Morgan fingerprint density at radius 2 is 0.933 bits per heavy atom. The lowest BCUT2D eigenvalue weighted by Gasteiger charge is -2.01. The number of aliphatic hydroxyl groups excluding tert-OH is 1. The molecular weight excluding hydrogens is 199 g/mol. The molecule has 0 aliphatic rings. The fourth-order valence-corrected chi connectivity index (χ4v) is 1.78. The Labute approximate surface area is 107 Å². The van der Waals surface area contributed by atoms with Gasteiger partial charge in [0.15, 0.2) is 0 Å². The highest BCUT2D eigenvalue weighted by atomic mass is 27.0. The van der Waals surface area contributed by atoms with Crippen molar-refractivity contribution in [3.63, 3.8) is 0 Å². The Kier molecular flexibility index (Phi) is 20.1. The molecule has 2 heteroatoms. The van der Waals surface area contributed by atoms with Crippen LogP contribution in [0.1, 0.15) is 77.6 Å². The summed E-state index contributed by atoms with van der Waals surface area (Å²) in [6, 6.07) is 0. The number of unbranched alkanes of at least 4 members (excludes halogenated alkanes) is 10. The smallest absolute Gasteiger partial charge is 0.0431 e. The topological polar surface area (TPSA) is 20.2 Å². The Balaban J connectivity index is 0. The molecule has 0 aliphatic carbocycles. The first-order chi connectivity index (χ1) is 6.91. The van der Waals surface area contributed by atoms with Crippen LogP contribution in [0.5, 0.6) is 0 Å². The average molecular weight is 227 g/mol. The van der Waals surface area contributed by atoms with Crippen LogP contribution < -0.4 is 0 Å². The van der Waals surface area contributed by atoms with Crippen molar-refractivity contribution in [1.82, 2.24) is 0 Å². The van der Waals surface area contributed by atoms with Crippen LogP contribution in [-0.2, 0) is 0 Å². The van der Waals surface area contributed by atoms with Gasteiger partial charge in [0.1, 0.15) is 0 Å². The molecule has 0 aromatic carbocycles. The second kappa shape index (κ2) is 16.9. The summed E-state index contributed by atoms with van der Waals surface area (Å²) in [6.07, 6.45) is 14.8. The van der Waals surface area contributed by atoms with E-state index in [1.807, 2.05) is 0 Å². The van der Waals surface area contributed by atoms with Crippen LogP contribution >= 0.6 is 0 Å². The van der Waals surface area contributed by atoms with Crippen molar-refractivity contribution in [1.29, 1.82) is 0 Å². The normalized spacial score (nSPS) is 10.0. The predicted octanol–water partition coefficient (Wildman–Crippen LogP) is 3.91. The van der Waals surface area contributed by atoms with E-state index in [1.165, 1.54) is 64.2 Å². The van der Waals surface area contributed by atoms with Gasteiger partial charge in [0, 0.05) is 24.0 Å². The highest BCUT2D eigenvalue weighted by Gasteiger charge is 1.91. The second-order valence-corrected chi connectivity index (χ2v) is 4.26. The number of aliphatic hydroxyl groups is 1. The zero-order valence-electron chi connectivity index (χ0n) is 10.5. The molecular formula is C13H28AlO. The van der Waals surface area contributed by atoms with E-state index in [0.29, 0.717) is 6.61 Å². The van der Waals surface area contributed by atoms with E-state index in [1.54, 1.807) is 0 Å². The molecule has 0 heterocycles. The van der Waals surface area contributed by atoms with E-state index < -0.39 is 0 Å². The molecule has 89 valence electrons. The molecule has 0 saturated carbocycles. The van der Waals surface area contributed by atoms with Gasteiger partial charge in [-0.15, -0.1) is 0 Å². The van der Waals surface area contributed by atoms with Gasteiger partial charge in [0.2, 0.25) is 0 Å². The van der Waals surface area contributed by atoms with Crippen LogP contribution in [0.15, 0.2) is 0 Å². The molecule has 0 saturated heterocycles. The van der Waals surface area contributed by atoms with E-state index in [0.717, 1.165) is 6.42 Å². The van der Waals surface area contributed by atoms with Crippen LogP contribution in [-0.4, -0.2) is 29.1 Å². The minimum absolute atomic E-state index is 0. The maximum atomic E-state index is 8.59. The quantitative estimate of drug-likeness (QED) is 0.419. The highest BCUT2D eigenvalue weighted by molar-refractivity contribution is 5.75. The summed E-state index contributed by atoms with van der Waals surface area (Å²) in [5, 5.41) is 8.59. The van der Waals surface area contributed by atoms with E-state index in [4.69, 9.17) is 5.11 Å². The molecule has 0 amide bonds. The molecule has 0 aliphatic heterocycles. The van der Waals surface area contributed by atoms with Gasteiger partial charge in [0.05, 0.1) is 0 Å². The Morgan fingerprint density at radius 3 is 1.27 bits per heavy atom. The van der Waals surface area contributed by atoms with Crippen LogP contribution in [0.3, 0.4) is 0 Å². The maximum absolute atomic E-state index is 8.59. The minimum Gasteiger partial charge on any atom is -0.396 e. The van der Waals surface area contributed by atoms with Gasteiger partial charge in [-0.1, -0.05) is 71.1 Å². The van der Waals surface area contributed by atoms with Crippen molar-refractivity contribution in [2.24, 2.45) is 0 Å². The van der Waals surface area contributed by atoms with Crippen molar-refractivity contribution in [3.8, 4) is 0 Å². The molecule has 1 N–H and O–H groups in total. The predicted molar refractivity (Wildman–Crippen MR) is 69.3 cm³/mol. The van der Waals surface area contributed by atoms with Crippen LogP contribution in [0.2, 0.25) is 0 Å². The first kappa shape index (κ1) is 17.9. The summed E-state index contributed by atoms with van der Waals surface area (Å²) >= 11 is 0. The van der Waals surface area contributed by atoms with Crippen molar-refractivity contribution < 1.29 is 5.11 Å². The summed E-state index contributed by atoms with van der Waals surface area (Å²) in [4.78, 5) is 0. The number of rotatable bonds is 11. The molecule has 0 aromatic rings. The van der Waals surface area contributed by atoms with E-state index in [2.05, 4.69) is 6.92 Å². The largest absolute Gasteiger partial charge is 0.396 e. The third kappa shape index (κ3) is 17.1. The Morgan fingerprint density at radius 1 is 0.600 bits per heavy atom. The SMILES string of the molecule is CCCCCCCCCCCCCO.[Al]. The van der Waals surface area contributed by atoms with Gasteiger partial charge < -0.3 is 5.11 Å². The fraction of sp³-hybridized carbons (Fsp3) is 1.00. The van der Waals surface area contributed by atoms with E-state index in [9.17, 15) is 0 Å². The monoisotopic (exact) mass is 227 g/mol. The summed E-state index contributed by atoms with van der Waals surface area (Å²) in [5.41, 5.74) is 0. The molecule has 0 spiro atoms. The van der Waals surface area contributed by atoms with Crippen molar-refractivity contribution in [2.75, 3.05) is 6.61 Å². The van der Waals surface area contributed by atoms with Crippen molar-refractivity contribution in [3.05, 3.63) is 0 Å². The number of hydrogen-bond acceptors (Lipinski definition) is 1. The maximum Gasteiger partial charge on any atom is 0.0431 e. The summed E-state index contributed by atoms with van der Waals surface area (Å²) in [5.74, 6) is 0. The molecule has 0 unspecified atom stereocenters. The summed E-state index contributed by atoms with van der Waals surface area (Å²) in [7, 11) is 0. The molecule has 1 nitrogen and oxygen atoms in total. The third-order valence-electron chi connectivity index (χ3n) is 2.76. The van der Waals surface area contributed by atoms with E-state index >= 15 is 0 Å². The summed E-state index contributed by atoms with van der Waals surface area (Å²) < 4.78 is 0. The molecule has 15 heavy (non-hydrogen) atoms. The van der Waals surface area contributed by atoms with E-state index in [-0.39, 0.29) is 17.4 Å². The van der Waals surface area contributed by atoms with Gasteiger partial charge in [-0.25, -0.2) is 0 Å². The standard InChI is InChI=1S/C13H28O.Al/c1-2-3-4-5-6-7-8-9-10-11-12-13-14;/h14H,2-13H2,1H3;. The first-order valence-electron chi connectivity index (χ1n) is 6.52. The Hall–Kier alpha value is 0.492. The van der Waals surface area contributed by atoms with Crippen LogP contribution in [0.25, 0.3) is 0 Å². The van der Waals surface area contributed by atoms with Crippen molar-refractivity contribution in [2.45, 2.75) is 77.6 Å². The zero-order valence-corrected chi connectivity index (χ0v) is 11.7. The molecule has 0 aromatic heterocycles. The lowest BCUT2D eigenvalue weighted by Crippen LogP contribution is -1.84. The first-order valence-corrected chi connectivity index (χ1v) is 6.52. The Bertz CT molecular complexity index is 84.5. The zero-order chi connectivity index (χ0) is 10.5. The molecule has 0 fully saturated rings. The highest BCUT2D eigenvalue weighted by Crippen LogP contribution is 2.10. The molecule has 0 bridgehead atoms. The molecule has 3 radical (unpaired) electrons. The number of hydrogen-bond donors (Lipinski definition) is 1. The third-order valence-corrected chi connectivity index (χ3v) is 2.76.